The van der Waals surface area contributed by atoms with E-state index in [-0.39, 0.29) is 53.4 Å². The van der Waals surface area contributed by atoms with Crippen LogP contribution >= 0.6 is 0 Å². The fourth-order valence-electron chi connectivity index (χ4n) is 11.5. The van der Waals surface area contributed by atoms with E-state index in [4.69, 9.17) is 24.7 Å². The number of methoxy groups -OCH3 is 1. The maximum absolute atomic E-state index is 12.6. The second kappa shape index (κ2) is 18.4. The normalized spacial score (nSPS) is 23.5. The van der Waals surface area contributed by atoms with Crippen molar-refractivity contribution >= 4 is 11.7 Å². The van der Waals surface area contributed by atoms with Crippen LogP contribution in [0.1, 0.15) is 98.3 Å². The number of carbonyl (C=O) groups is 1. The zero-order chi connectivity index (χ0) is 45.4. The fourth-order valence-corrected chi connectivity index (χ4v) is 11.5. The van der Waals surface area contributed by atoms with Gasteiger partial charge in [0.2, 0.25) is 0 Å². The van der Waals surface area contributed by atoms with E-state index in [0.29, 0.717) is 37.5 Å². The number of likely N-dealkylation sites (N-methyl/N-ethyl adjacent to an activating group) is 1. The van der Waals surface area contributed by atoms with Gasteiger partial charge in [-0.2, -0.15) is 0 Å². The summed E-state index contributed by atoms with van der Waals surface area (Å²) in [6.07, 6.45) is 7.66. The maximum Gasteiger partial charge on any atom is 0.302 e. The Labute approximate surface area is 382 Å². The number of ether oxygens (including phenoxy) is 4. The van der Waals surface area contributed by atoms with Crippen LogP contribution in [0, 0.1) is 23.7 Å². The summed E-state index contributed by atoms with van der Waals surface area (Å²) in [5.41, 5.74) is 18.8. The minimum Gasteiger partial charge on any atom is -0.508 e. The van der Waals surface area contributed by atoms with Crippen molar-refractivity contribution in [3.63, 3.8) is 0 Å². The average Bonchev–Trinajstić information content (AvgIpc) is 3.88. The predicted molar refractivity (Wildman–Crippen MR) is 253 cm³/mol. The number of hydrogen-bond donors (Lipinski definition) is 6. The Balaban J connectivity index is 1.29. The second-order valence-electron chi connectivity index (χ2n) is 18.3. The highest BCUT2D eigenvalue weighted by Gasteiger charge is 2.52. The third kappa shape index (κ3) is 8.27. The van der Waals surface area contributed by atoms with E-state index < -0.39 is 6.10 Å². The van der Waals surface area contributed by atoms with Gasteiger partial charge >= 0.3 is 5.97 Å². The zero-order valence-electron chi connectivity index (χ0n) is 38.2. The number of hydrogen-bond acceptors (Lipinski definition) is 11. The molecule has 11 heteroatoms. The highest BCUT2D eigenvalue weighted by atomic mass is 16.5. The van der Waals surface area contributed by atoms with Gasteiger partial charge in [-0.25, -0.2) is 0 Å². The number of nitrogens with one attached hydrogen (secondary N) is 3. The van der Waals surface area contributed by atoms with E-state index in [1.165, 1.54) is 18.1 Å². The van der Waals surface area contributed by atoms with Crippen LogP contribution < -0.4 is 35.9 Å². The molecule has 65 heavy (non-hydrogen) atoms. The van der Waals surface area contributed by atoms with E-state index in [0.717, 1.165) is 107 Å². The smallest absolute Gasteiger partial charge is 0.302 e. The molecule has 11 nitrogen and oxygen atoms in total. The average molecular weight is 879 g/mol. The van der Waals surface area contributed by atoms with Gasteiger partial charge in [-0.3, -0.25) is 4.79 Å². The molecular weight excluding hydrogens is 817 g/mol. The molecule has 0 saturated heterocycles. The molecular formula is C54H62N4O7. The number of phenolic OH excluding ortho intramolecular Hbond substituents is 2. The van der Waals surface area contributed by atoms with Crippen molar-refractivity contribution in [2.24, 2.45) is 17.6 Å². The summed E-state index contributed by atoms with van der Waals surface area (Å²) in [6.45, 7) is 7.59. The molecule has 1 fully saturated rings. The lowest BCUT2D eigenvalue weighted by molar-refractivity contribution is -0.141. The molecule has 6 unspecified atom stereocenters. The number of nitrogens with two attached hydrogens (primary N) is 1. The molecule has 340 valence electrons. The number of para-hydroxylation sites is 1. The third-order valence-corrected chi connectivity index (χ3v) is 14.5. The van der Waals surface area contributed by atoms with Gasteiger partial charge in [0.1, 0.15) is 36.6 Å². The number of rotatable bonds is 13. The maximum atomic E-state index is 12.6. The summed E-state index contributed by atoms with van der Waals surface area (Å²) in [6, 6.07) is 20.1. The van der Waals surface area contributed by atoms with Gasteiger partial charge in [0.25, 0.3) is 0 Å². The molecule has 4 aromatic rings. The fraction of sp³-hybridized carbons (Fsp3) is 0.426. The van der Waals surface area contributed by atoms with E-state index in [1.54, 1.807) is 19.2 Å². The van der Waals surface area contributed by atoms with Crippen molar-refractivity contribution in [3.8, 4) is 51.7 Å². The number of benzene rings is 4. The molecule has 9 rings (SSSR count). The molecule has 4 aromatic carbocycles. The largest absolute Gasteiger partial charge is 0.508 e. The summed E-state index contributed by atoms with van der Waals surface area (Å²) in [5.74, 6) is 8.68. The van der Waals surface area contributed by atoms with Gasteiger partial charge in [-0.1, -0.05) is 49.3 Å². The van der Waals surface area contributed by atoms with E-state index in [1.807, 2.05) is 19.2 Å². The number of dihydropyridines is 1. The highest BCUT2D eigenvalue weighted by molar-refractivity contribution is 5.84. The minimum absolute atomic E-state index is 0.0124. The first-order valence-corrected chi connectivity index (χ1v) is 23.3. The van der Waals surface area contributed by atoms with E-state index in [2.05, 4.69) is 84.1 Å². The predicted octanol–water partition coefficient (Wildman–Crippen LogP) is 8.46. The Kier molecular flexibility index (Phi) is 12.5. The molecule has 0 radical (unpaired) electrons. The number of allylic oxidation sites excluding steroid dienone is 3. The van der Waals surface area contributed by atoms with Gasteiger partial charge in [0.05, 0.1) is 24.9 Å². The third-order valence-electron chi connectivity index (χ3n) is 14.5. The summed E-state index contributed by atoms with van der Waals surface area (Å²) in [7, 11) is 3.51. The molecule has 2 aliphatic carbocycles. The zero-order valence-corrected chi connectivity index (χ0v) is 38.2. The number of aryl methyl sites for hydroxylation is 1. The number of anilines is 1. The second-order valence-corrected chi connectivity index (χ2v) is 18.3. The molecule has 1 spiro atoms. The van der Waals surface area contributed by atoms with Crippen molar-refractivity contribution < 1.29 is 34.0 Å². The van der Waals surface area contributed by atoms with Crippen LogP contribution in [0.3, 0.4) is 0 Å². The first kappa shape index (κ1) is 44.1. The monoisotopic (exact) mass is 878 g/mol. The van der Waals surface area contributed by atoms with Crippen LogP contribution in [0.4, 0.5) is 5.69 Å². The summed E-state index contributed by atoms with van der Waals surface area (Å²) >= 11 is 0. The van der Waals surface area contributed by atoms with Crippen molar-refractivity contribution in [1.29, 1.82) is 0 Å². The first-order chi connectivity index (χ1) is 31.6. The Morgan fingerprint density at radius 3 is 2.68 bits per heavy atom. The summed E-state index contributed by atoms with van der Waals surface area (Å²) in [5, 5.41) is 33.0. The quantitative estimate of drug-likeness (QED) is 0.0435. The summed E-state index contributed by atoms with van der Waals surface area (Å²) < 4.78 is 25.5. The van der Waals surface area contributed by atoms with Gasteiger partial charge in [0, 0.05) is 65.9 Å². The standard InChI is InChI=1S/C54H62N4O7/c1-6-32-24-42-38(16-15-33-11-8-9-13-44(33)57-7-2)35-19-20-54(28-35)29-36-23-37(60)26-48(62-5)49(36)40-18-17-39-43(30-64-31(3)59)51(65-52(39)50(40)54)41-27-47(63-22-21-56-4)46(61)25-34(41)12-10-14-45(42)58-53(32)55/h8-9,11,13,17-18,23-27,35,38,43,51,53,56-58,60-61H,6-7,12,15-16,19-22,28-30,55H2,1-5H3. The van der Waals surface area contributed by atoms with Crippen molar-refractivity contribution in [2.45, 2.75) is 95.7 Å². The van der Waals surface area contributed by atoms with Crippen LogP contribution in [-0.2, 0) is 34.2 Å². The Hall–Kier alpha value is -6.09. The minimum atomic E-state index is -0.599. The van der Waals surface area contributed by atoms with Gasteiger partial charge < -0.3 is 50.8 Å². The molecule has 0 aromatic heterocycles. The Morgan fingerprint density at radius 2 is 1.89 bits per heavy atom. The lowest BCUT2D eigenvalue weighted by Gasteiger charge is -2.40. The van der Waals surface area contributed by atoms with Crippen molar-refractivity contribution in [2.75, 3.05) is 45.8 Å². The van der Waals surface area contributed by atoms with Crippen molar-refractivity contribution in [3.05, 3.63) is 117 Å². The van der Waals surface area contributed by atoms with Gasteiger partial charge in [0.15, 0.2) is 11.5 Å². The Bertz CT molecular complexity index is 2620. The number of carbonyl (C=O) groups excluding carboxylic acids is 1. The topological polar surface area (TPSA) is 157 Å². The van der Waals surface area contributed by atoms with Gasteiger partial charge in [-0.15, -0.1) is 0 Å². The number of phenols is 2. The molecule has 3 aliphatic heterocycles. The molecule has 1 saturated carbocycles. The molecule has 0 amide bonds. The van der Waals surface area contributed by atoms with Crippen LogP contribution in [0.5, 0.6) is 28.7 Å². The number of fused-ring (bicyclic) bond motifs is 6. The number of esters is 1. The lowest BCUT2D eigenvalue weighted by atomic mass is 9.64. The Morgan fingerprint density at radius 1 is 1.05 bits per heavy atom. The van der Waals surface area contributed by atoms with Crippen LogP contribution in [0.15, 0.2) is 83.6 Å². The molecule has 6 atom stereocenters. The summed E-state index contributed by atoms with van der Waals surface area (Å²) in [4.78, 5) is 12.6. The van der Waals surface area contributed by atoms with E-state index in [9.17, 15) is 15.0 Å². The molecule has 5 aliphatic rings. The highest BCUT2D eigenvalue weighted by Crippen LogP contribution is 2.63. The van der Waals surface area contributed by atoms with Crippen LogP contribution in [-0.4, -0.2) is 62.8 Å². The van der Waals surface area contributed by atoms with Crippen molar-refractivity contribution in [1.82, 2.24) is 10.6 Å². The van der Waals surface area contributed by atoms with Crippen LogP contribution in [0.2, 0.25) is 0 Å². The number of aromatic hydroxyl groups is 2. The molecule has 4 bridgehead atoms. The first-order valence-electron chi connectivity index (χ1n) is 23.3. The lowest BCUT2D eigenvalue weighted by Crippen LogP contribution is -2.42. The van der Waals surface area contributed by atoms with Gasteiger partial charge in [-0.05, 0) is 134 Å². The van der Waals surface area contributed by atoms with Crippen LogP contribution in [0.25, 0.3) is 11.1 Å². The van der Waals surface area contributed by atoms with E-state index >= 15 is 0 Å². The SMILES string of the molecule is CCNc1ccccc1CCC1C2=C(C#CCc3cc(O)c(OCCNC)cc3C3Oc4c(ccc5c4C4(CCC1C4)Cc1cc(O)cc(OC)c1-5)C3COC(C)=O)NC(N)C(CC)=C2. The molecule has 3 heterocycles. The molecule has 7 N–H and O–H groups in total.